The molecule has 1 fully saturated rings. The van der Waals surface area contributed by atoms with Crippen molar-refractivity contribution in [3.05, 3.63) is 0 Å². The highest BCUT2D eigenvalue weighted by Gasteiger charge is 2.37. The van der Waals surface area contributed by atoms with Gasteiger partial charge in [0.25, 0.3) is 0 Å². The van der Waals surface area contributed by atoms with Crippen molar-refractivity contribution in [1.29, 1.82) is 0 Å². The number of aliphatic hydroxyl groups excluding tert-OH is 1. The van der Waals surface area contributed by atoms with Gasteiger partial charge in [0.15, 0.2) is 0 Å². The number of carbonyl (C=O) groups is 4. The van der Waals surface area contributed by atoms with Gasteiger partial charge in [-0.2, -0.15) is 12.6 Å². The standard InChI is InChI=1S/C15H26N4O6S/c1-7(14(23)19-5-3-4-10(19)15(24)25)17-13(22)11(8(2)20)18-12(21)9(16)6-26/h7-11,20,26H,3-6,16H2,1-2H3,(H,17,22)(H,18,21)(H,24,25). The third kappa shape index (κ3) is 5.58. The molecule has 1 aliphatic rings. The van der Waals surface area contributed by atoms with E-state index in [4.69, 9.17) is 10.8 Å². The van der Waals surface area contributed by atoms with Crippen molar-refractivity contribution in [3.8, 4) is 0 Å². The van der Waals surface area contributed by atoms with E-state index in [2.05, 4.69) is 23.3 Å². The van der Waals surface area contributed by atoms with E-state index in [1.807, 2.05) is 0 Å². The van der Waals surface area contributed by atoms with Gasteiger partial charge in [-0.05, 0) is 26.7 Å². The van der Waals surface area contributed by atoms with E-state index in [1.54, 1.807) is 0 Å². The third-order valence-corrected chi connectivity index (χ3v) is 4.54. The number of carbonyl (C=O) groups excluding carboxylic acids is 3. The number of nitrogens with one attached hydrogen (secondary N) is 2. The van der Waals surface area contributed by atoms with E-state index in [9.17, 15) is 24.3 Å². The Labute approximate surface area is 156 Å². The van der Waals surface area contributed by atoms with Crippen LogP contribution in [0.2, 0.25) is 0 Å². The quantitative estimate of drug-likeness (QED) is 0.254. The monoisotopic (exact) mass is 390 g/mol. The number of rotatable bonds is 8. The molecule has 26 heavy (non-hydrogen) atoms. The number of nitrogens with two attached hydrogens (primary N) is 1. The van der Waals surface area contributed by atoms with Crippen LogP contribution >= 0.6 is 12.6 Å². The normalized spacial score (nSPS) is 21.4. The summed E-state index contributed by atoms with van der Waals surface area (Å²) < 4.78 is 0. The van der Waals surface area contributed by atoms with Crippen LogP contribution in [0.1, 0.15) is 26.7 Å². The number of likely N-dealkylation sites (tertiary alicyclic amines) is 1. The maximum atomic E-state index is 12.4. The fraction of sp³-hybridized carbons (Fsp3) is 0.733. The molecule has 10 nitrogen and oxygen atoms in total. The summed E-state index contributed by atoms with van der Waals surface area (Å²) in [5.74, 6) is -3.01. The zero-order valence-corrected chi connectivity index (χ0v) is 15.6. The van der Waals surface area contributed by atoms with Crippen molar-refractivity contribution < 1.29 is 29.4 Å². The number of amides is 3. The van der Waals surface area contributed by atoms with Crippen molar-refractivity contribution in [3.63, 3.8) is 0 Å². The smallest absolute Gasteiger partial charge is 0.326 e. The Bertz CT molecular complexity index is 558. The Kier molecular flexibility index (Phi) is 8.31. The Morgan fingerprint density at radius 2 is 1.85 bits per heavy atom. The molecule has 0 aromatic rings. The first-order chi connectivity index (χ1) is 12.1. The molecule has 3 amide bonds. The van der Waals surface area contributed by atoms with Gasteiger partial charge < -0.3 is 31.5 Å². The number of carboxylic acid groups (broad SMARTS) is 1. The minimum atomic E-state index is -1.31. The molecule has 5 atom stereocenters. The lowest BCUT2D eigenvalue weighted by atomic mass is 10.1. The fourth-order valence-corrected chi connectivity index (χ4v) is 2.82. The van der Waals surface area contributed by atoms with Gasteiger partial charge in [0.05, 0.1) is 12.1 Å². The number of hydrogen-bond donors (Lipinski definition) is 6. The van der Waals surface area contributed by atoms with E-state index in [0.717, 1.165) is 0 Å². The van der Waals surface area contributed by atoms with Crippen LogP contribution in [0.4, 0.5) is 0 Å². The van der Waals surface area contributed by atoms with Gasteiger partial charge in [-0.15, -0.1) is 0 Å². The summed E-state index contributed by atoms with van der Waals surface area (Å²) in [6.45, 7) is 3.02. The van der Waals surface area contributed by atoms with Crippen LogP contribution in [0.3, 0.4) is 0 Å². The first kappa shape index (κ1) is 22.2. The van der Waals surface area contributed by atoms with E-state index < -0.39 is 54.0 Å². The molecule has 6 N–H and O–H groups in total. The van der Waals surface area contributed by atoms with Crippen molar-refractivity contribution >= 4 is 36.3 Å². The number of carboxylic acids is 1. The van der Waals surface area contributed by atoms with Crippen molar-refractivity contribution in [2.24, 2.45) is 5.73 Å². The predicted molar refractivity (Wildman–Crippen MR) is 95.4 cm³/mol. The third-order valence-electron chi connectivity index (χ3n) is 4.15. The zero-order valence-electron chi connectivity index (χ0n) is 14.7. The van der Waals surface area contributed by atoms with Crippen molar-refractivity contribution in [1.82, 2.24) is 15.5 Å². The second-order valence-corrected chi connectivity index (χ2v) is 6.64. The van der Waals surface area contributed by atoms with Gasteiger partial charge in [0.1, 0.15) is 18.1 Å². The molecular formula is C15H26N4O6S. The molecular weight excluding hydrogens is 364 g/mol. The van der Waals surface area contributed by atoms with Gasteiger partial charge in [0.2, 0.25) is 17.7 Å². The maximum absolute atomic E-state index is 12.4. The molecule has 0 radical (unpaired) electrons. The van der Waals surface area contributed by atoms with Crippen LogP contribution in [0.25, 0.3) is 0 Å². The van der Waals surface area contributed by atoms with Crippen LogP contribution < -0.4 is 16.4 Å². The number of aliphatic hydroxyl groups is 1. The van der Waals surface area contributed by atoms with E-state index in [1.165, 1.54) is 18.7 Å². The van der Waals surface area contributed by atoms with Crippen molar-refractivity contribution in [2.75, 3.05) is 12.3 Å². The molecule has 0 aromatic heterocycles. The second kappa shape index (κ2) is 9.74. The summed E-state index contributed by atoms with van der Waals surface area (Å²) in [6.07, 6.45) is -0.306. The SMILES string of the molecule is CC(NC(=O)C(NC(=O)C(N)CS)C(C)O)C(=O)N1CCCC1C(=O)O. The average molecular weight is 390 g/mol. The van der Waals surface area contributed by atoms with Gasteiger partial charge in [-0.1, -0.05) is 0 Å². The van der Waals surface area contributed by atoms with Crippen molar-refractivity contribution in [2.45, 2.75) is 57.0 Å². The predicted octanol–water partition coefficient (Wildman–Crippen LogP) is -2.31. The lowest BCUT2D eigenvalue weighted by Gasteiger charge is -2.27. The van der Waals surface area contributed by atoms with E-state index >= 15 is 0 Å². The number of aliphatic carboxylic acids is 1. The second-order valence-electron chi connectivity index (χ2n) is 6.27. The molecule has 0 saturated carbocycles. The van der Waals surface area contributed by atoms with Gasteiger partial charge in [0, 0.05) is 12.3 Å². The highest BCUT2D eigenvalue weighted by Crippen LogP contribution is 2.18. The lowest BCUT2D eigenvalue weighted by Crippen LogP contribution is -2.59. The van der Waals surface area contributed by atoms with Gasteiger partial charge >= 0.3 is 5.97 Å². The summed E-state index contributed by atoms with van der Waals surface area (Å²) >= 11 is 3.89. The topological polar surface area (TPSA) is 162 Å². The Morgan fingerprint density at radius 3 is 2.35 bits per heavy atom. The molecule has 11 heteroatoms. The number of hydrogen-bond acceptors (Lipinski definition) is 7. The van der Waals surface area contributed by atoms with Crippen LogP contribution in [0.5, 0.6) is 0 Å². The largest absolute Gasteiger partial charge is 0.480 e. The molecule has 1 rings (SSSR count). The molecule has 1 aliphatic heterocycles. The highest BCUT2D eigenvalue weighted by molar-refractivity contribution is 7.80. The molecule has 0 spiro atoms. The summed E-state index contributed by atoms with van der Waals surface area (Å²) in [7, 11) is 0. The molecule has 0 bridgehead atoms. The summed E-state index contributed by atoms with van der Waals surface area (Å²) in [5.41, 5.74) is 5.52. The molecule has 1 saturated heterocycles. The van der Waals surface area contributed by atoms with Crippen LogP contribution in [0, 0.1) is 0 Å². The minimum absolute atomic E-state index is 0.0560. The van der Waals surface area contributed by atoms with Crippen LogP contribution in [-0.4, -0.2) is 81.4 Å². The maximum Gasteiger partial charge on any atom is 0.326 e. The zero-order chi connectivity index (χ0) is 20.0. The van der Waals surface area contributed by atoms with Crippen LogP contribution in [0.15, 0.2) is 0 Å². The Hall–Kier alpha value is -1.85. The van der Waals surface area contributed by atoms with E-state index in [0.29, 0.717) is 19.4 Å². The van der Waals surface area contributed by atoms with Gasteiger partial charge in [-0.25, -0.2) is 4.79 Å². The first-order valence-electron chi connectivity index (χ1n) is 8.28. The first-order valence-corrected chi connectivity index (χ1v) is 8.91. The number of nitrogens with zero attached hydrogens (tertiary/aromatic N) is 1. The Balaban J connectivity index is 2.74. The Morgan fingerprint density at radius 1 is 1.23 bits per heavy atom. The molecule has 148 valence electrons. The molecule has 0 aliphatic carbocycles. The van der Waals surface area contributed by atoms with E-state index in [-0.39, 0.29) is 5.75 Å². The van der Waals surface area contributed by atoms with Crippen LogP contribution in [-0.2, 0) is 19.2 Å². The fourth-order valence-electron chi connectivity index (χ4n) is 2.65. The molecule has 5 unspecified atom stereocenters. The highest BCUT2D eigenvalue weighted by atomic mass is 32.1. The van der Waals surface area contributed by atoms with Gasteiger partial charge in [-0.3, -0.25) is 14.4 Å². The number of thiol groups is 1. The summed E-state index contributed by atoms with van der Waals surface area (Å²) in [6, 6.07) is -4.19. The minimum Gasteiger partial charge on any atom is -0.480 e. The molecule has 0 aromatic carbocycles. The summed E-state index contributed by atoms with van der Waals surface area (Å²) in [5, 5.41) is 23.6. The summed E-state index contributed by atoms with van der Waals surface area (Å²) in [4.78, 5) is 49.0. The lowest BCUT2D eigenvalue weighted by molar-refractivity contribution is -0.149. The molecule has 1 heterocycles. The average Bonchev–Trinajstić information content (AvgIpc) is 3.07.